The summed E-state index contributed by atoms with van der Waals surface area (Å²) in [6, 6.07) is 15.3. The van der Waals surface area contributed by atoms with E-state index < -0.39 is 17.7 Å². The van der Waals surface area contributed by atoms with Crippen molar-refractivity contribution < 1.29 is 18.7 Å². The van der Waals surface area contributed by atoms with Gasteiger partial charge in [0.25, 0.3) is 5.91 Å². The van der Waals surface area contributed by atoms with Gasteiger partial charge < -0.3 is 4.74 Å². The number of carbonyl (C=O) groups excluding carboxylic acids is 2. The highest BCUT2D eigenvalue weighted by Crippen LogP contribution is 2.32. The van der Waals surface area contributed by atoms with E-state index >= 15 is 0 Å². The molecule has 0 spiro atoms. The molecule has 0 atom stereocenters. The van der Waals surface area contributed by atoms with Crippen molar-refractivity contribution in [1.29, 1.82) is 5.41 Å². The number of nitrogens with one attached hydrogen (secondary N) is 1. The molecule has 7 nitrogen and oxygen atoms in total. The summed E-state index contributed by atoms with van der Waals surface area (Å²) in [7, 11) is 0. The summed E-state index contributed by atoms with van der Waals surface area (Å²) in [4.78, 5) is 29.9. The van der Waals surface area contributed by atoms with E-state index in [1.807, 2.05) is 17.5 Å². The van der Waals surface area contributed by atoms with Crippen molar-refractivity contribution in [2.24, 2.45) is 10.1 Å². The van der Waals surface area contributed by atoms with Gasteiger partial charge in [0.1, 0.15) is 16.6 Å². The molecule has 0 radical (unpaired) electrons. The third kappa shape index (κ3) is 4.26. The Balaban J connectivity index is 1.38. The molecule has 1 amide bonds. The van der Waals surface area contributed by atoms with Crippen LogP contribution in [-0.4, -0.2) is 32.9 Å². The average molecular weight is 477 g/mol. The Bertz CT molecular complexity index is 1380. The lowest BCUT2D eigenvalue weighted by Crippen LogP contribution is -2.35. The smallest absolute Gasteiger partial charge is 0.343 e. The predicted octanol–water partition coefficient (Wildman–Crippen LogP) is 4.77. The number of nitrogens with zero attached hydrogens (tertiary/aromatic N) is 3. The van der Waals surface area contributed by atoms with Crippen molar-refractivity contribution >= 4 is 57.1 Å². The molecule has 3 heterocycles. The highest BCUT2D eigenvalue weighted by atomic mass is 32.2. The number of halogens is 1. The molecule has 33 heavy (non-hydrogen) atoms. The molecule has 2 aliphatic rings. The van der Waals surface area contributed by atoms with Crippen molar-refractivity contribution in [2.45, 2.75) is 0 Å². The van der Waals surface area contributed by atoms with Gasteiger partial charge in [-0.05, 0) is 71.2 Å². The number of esters is 1. The summed E-state index contributed by atoms with van der Waals surface area (Å²) in [5.74, 6) is -1.48. The number of amides is 1. The second-order valence-electron chi connectivity index (χ2n) is 6.87. The SMILES string of the molecule is N=C1/C(=C\c2cccc(OC(=O)c3ccc(F)cc3)c2)C(=O)N=C2SC(c3cccs3)=NN12. The topological polar surface area (TPSA) is 95.2 Å². The molecule has 0 saturated carbocycles. The molecule has 2 aliphatic heterocycles. The van der Waals surface area contributed by atoms with E-state index in [4.69, 9.17) is 10.1 Å². The lowest BCUT2D eigenvalue weighted by atomic mass is 10.1. The number of amidine groups is 2. The van der Waals surface area contributed by atoms with Gasteiger partial charge in [-0.25, -0.2) is 9.18 Å². The third-order valence-corrected chi connectivity index (χ3v) is 6.59. The molecule has 162 valence electrons. The Morgan fingerprint density at radius 1 is 1.12 bits per heavy atom. The number of rotatable bonds is 4. The normalized spacial score (nSPS) is 16.5. The summed E-state index contributed by atoms with van der Waals surface area (Å²) in [6.45, 7) is 0. The van der Waals surface area contributed by atoms with Crippen LogP contribution in [0.3, 0.4) is 0 Å². The number of benzene rings is 2. The molecule has 0 fully saturated rings. The van der Waals surface area contributed by atoms with E-state index in [2.05, 4.69) is 10.1 Å². The molecule has 0 unspecified atom stereocenters. The van der Waals surface area contributed by atoms with Crippen LogP contribution in [0.25, 0.3) is 6.08 Å². The summed E-state index contributed by atoms with van der Waals surface area (Å²) >= 11 is 2.76. The van der Waals surface area contributed by atoms with Crippen LogP contribution in [0.5, 0.6) is 5.75 Å². The number of hydrogen-bond donors (Lipinski definition) is 1. The Morgan fingerprint density at radius 3 is 2.70 bits per heavy atom. The van der Waals surface area contributed by atoms with E-state index in [-0.39, 0.29) is 22.7 Å². The van der Waals surface area contributed by atoms with Crippen molar-refractivity contribution in [1.82, 2.24) is 5.01 Å². The monoisotopic (exact) mass is 476 g/mol. The summed E-state index contributed by atoms with van der Waals surface area (Å²) in [5, 5.41) is 17.2. The van der Waals surface area contributed by atoms with Gasteiger partial charge >= 0.3 is 5.97 Å². The van der Waals surface area contributed by atoms with E-state index in [1.165, 1.54) is 58.4 Å². The van der Waals surface area contributed by atoms with Crippen LogP contribution in [0.1, 0.15) is 20.8 Å². The number of carbonyl (C=O) groups is 2. The van der Waals surface area contributed by atoms with Gasteiger partial charge in [0.05, 0.1) is 16.0 Å². The van der Waals surface area contributed by atoms with Gasteiger partial charge in [-0.1, -0.05) is 18.2 Å². The first-order valence-electron chi connectivity index (χ1n) is 9.60. The van der Waals surface area contributed by atoms with E-state index in [1.54, 1.807) is 24.3 Å². The first-order valence-corrected chi connectivity index (χ1v) is 11.3. The zero-order valence-electron chi connectivity index (χ0n) is 16.7. The Labute approximate surface area is 195 Å². The minimum Gasteiger partial charge on any atom is -0.423 e. The number of hydrogen-bond acceptors (Lipinski definition) is 7. The molecular formula is C23H13FN4O3S2. The molecule has 1 N–H and O–H groups in total. The van der Waals surface area contributed by atoms with E-state index in [0.29, 0.717) is 15.8 Å². The van der Waals surface area contributed by atoms with Gasteiger partial charge in [0.15, 0.2) is 5.84 Å². The van der Waals surface area contributed by atoms with E-state index in [0.717, 1.165) is 4.88 Å². The third-order valence-electron chi connectivity index (χ3n) is 4.65. The lowest BCUT2D eigenvalue weighted by Gasteiger charge is -2.20. The highest BCUT2D eigenvalue weighted by Gasteiger charge is 2.36. The second-order valence-corrected chi connectivity index (χ2v) is 8.78. The van der Waals surface area contributed by atoms with Gasteiger partial charge in [0.2, 0.25) is 5.17 Å². The molecule has 5 rings (SSSR count). The molecule has 1 aromatic heterocycles. The Morgan fingerprint density at radius 2 is 1.94 bits per heavy atom. The average Bonchev–Trinajstić information content (AvgIpc) is 3.47. The largest absolute Gasteiger partial charge is 0.423 e. The van der Waals surface area contributed by atoms with Gasteiger partial charge in [-0.3, -0.25) is 10.2 Å². The number of hydrazone groups is 1. The van der Waals surface area contributed by atoms with Crippen LogP contribution in [0.2, 0.25) is 0 Å². The van der Waals surface area contributed by atoms with Crippen LogP contribution in [0.15, 0.2) is 81.7 Å². The predicted molar refractivity (Wildman–Crippen MR) is 126 cm³/mol. The minimum absolute atomic E-state index is 0.0672. The highest BCUT2D eigenvalue weighted by molar-refractivity contribution is 8.27. The number of ether oxygens (including phenoxy) is 1. The maximum Gasteiger partial charge on any atom is 0.343 e. The fourth-order valence-electron chi connectivity index (χ4n) is 3.08. The Hall–Kier alpha value is -3.89. The van der Waals surface area contributed by atoms with Gasteiger partial charge in [0, 0.05) is 0 Å². The first kappa shape index (κ1) is 21.0. The number of aliphatic imine (C=N–C) groups is 1. The van der Waals surface area contributed by atoms with Crippen LogP contribution >= 0.6 is 23.1 Å². The van der Waals surface area contributed by atoms with Crippen LogP contribution in [0, 0.1) is 11.2 Å². The maximum absolute atomic E-state index is 13.1. The fourth-order valence-corrected chi connectivity index (χ4v) is 4.76. The first-order chi connectivity index (χ1) is 16.0. The number of fused-ring (bicyclic) bond motifs is 1. The number of thiophene rings is 1. The summed E-state index contributed by atoms with van der Waals surface area (Å²) in [5.41, 5.74) is 0.815. The zero-order chi connectivity index (χ0) is 22.9. The Kier molecular flexibility index (Phi) is 5.45. The molecule has 0 bridgehead atoms. The molecule has 10 heteroatoms. The second kappa shape index (κ2) is 8.57. The molecular weight excluding hydrogens is 463 g/mol. The zero-order valence-corrected chi connectivity index (χ0v) is 18.3. The van der Waals surface area contributed by atoms with Crippen molar-refractivity contribution in [3.05, 3.63) is 93.4 Å². The minimum atomic E-state index is -0.639. The van der Waals surface area contributed by atoms with Gasteiger partial charge in [-0.15, -0.1) is 11.3 Å². The van der Waals surface area contributed by atoms with E-state index in [9.17, 15) is 14.0 Å². The quantitative estimate of drug-likeness (QED) is 0.332. The van der Waals surface area contributed by atoms with Gasteiger partial charge in [-0.2, -0.15) is 15.1 Å². The molecule has 3 aromatic rings. The fraction of sp³-hybridized carbons (Fsp3) is 0. The van der Waals surface area contributed by atoms with Crippen LogP contribution < -0.4 is 4.74 Å². The summed E-state index contributed by atoms with van der Waals surface area (Å²) in [6.07, 6.45) is 1.50. The maximum atomic E-state index is 13.1. The van der Waals surface area contributed by atoms with Crippen molar-refractivity contribution in [3.8, 4) is 5.75 Å². The molecule has 0 aliphatic carbocycles. The van der Waals surface area contributed by atoms with Crippen molar-refractivity contribution in [3.63, 3.8) is 0 Å². The lowest BCUT2D eigenvalue weighted by molar-refractivity contribution is -0.114. The molecule has 2 aromatic carbocycles. The van der Waals surface area contributed by atoms with Crippen LogP contribution in [0.4, 0.5) is 4.39 Å². The van der Waals surface area contributed by atoms with Crippen LogP contribution in [-0.2, 0) is 4.79 Å². The standard InChI is InChI=1S/C23H13FN4O3S2/c24-15-8-6-14(7-9-15)22(30)31-16-4-1-3-13(11-16)12-17-19(25)28-23(26-20(17)29)33-21(27-28)18-5-2-10-32-18/h1-12,25H/b17-12+,25-19?. The number of thioether (sulfide) groups is 1. The molecule has 0 saturated heterocycles. The van der Waals surface area contributed by atoms with Crippen molar-refractivity contribution in [2.75, 3.05) is 0 Å². The summed E-state index contributed by atoms with van der Waals surface area (Å²) < 4.78 is 18.4.